The average Bonchev–Trinajstić information content (AvgIpc) is 3.01. The van der Waals surface area contributed by atoms with Crippen molar-refractivity contribution in [3.63, 3.8) is 0 Å². The summed E-state index contributed by atoms with van der Waals surface area (Å²) in [5, 5.41) is 10.8. The lowest BCUT2D eigenvalue weighted by Gasteiger charge is -2.38. The van der Waals surface area contributed by atoms with Gasteiger partial charge in [0.05, 0.1) is 12.1 Å². The molecule has 1 aliphatic heterocycles. The van der Waals surface area contributed by atoms with E-state index in [0.717, 1.165) is 6.42 Å². The van der Waals surface area contributed by atoms with Gasteiger partial charge in [0.25, 0.3) is 0 Å². The van der Waals surface area contributed by atoms with Gasteiger partial charge in [-0.05, 0) is 35.1 Å². The number of piperidine rings is 1. The summed E-state index contributed by atoms with van der Waals surface area (Å²) in [7, 11) is 0. The van der Waals surface area contributed by atoms with E-state index < -0.39 is 12.2 Å². The standard InChI is InChI=1S/C23H24ClNO3/c1-15(24)13-21-22(26)11-6-12-25(21)23(27)28-14-20-18-9-4-2-7-16(18)17-8-3-5-10-19(17)20/h2-5,7-10,20-22,26H,1,6,11-14H2/t21-,22-/m0/s1. The summed E-state index contributed by atoms with van der Waals surface area (Å²) >= 11 is 5.96. The molecule has 2 atom stereocenters. The molecule has 2 aromatic rings. The number of carbonyl (C=O) groups excluding carboxylic acids is 1. The molecule has 0 radical (unpaired) electrons. The number of ether oxygens (including phenoxy) is 1. The molecule has 0 bridgehead atoms. The van der Waals surface area contributed by atoms with Crippen LogP contribution in [0.4, 0.5) is 4.79 Å². The molecule has 4 rings (SSSR count). The van der Waals surface area contributed by atoms with Gasteiger partial charge >= 0.3 is 6.09 Å². The number of halogens is 1. The highest BCUT2D eigenvalue weighted by atomic mass is 35.5. The third-order valence-electron chi connectivity index (χ3n) is 5.74. The summed E-state index contributed by atoms with van der Waals surface area (Å²) in [6, 6.07) is 16.1. The SMILES string of the molecule is C=C(Cl)C[C@H]1[C@@H](O)CCCN1C(=O)OCC1c2ccccc2-c2ccccc21. The molecule has 4 nitrogen and oxygen atoms in total. The quantitative estimate of drug-likeness (QED) is 0.797. The van der Waals surface area contributed by atoms with Gasteiger partial charge in [-0.1, -0.05) is 66.7 Å². The molecule has 1 fully saturated rings. The second kappa shape index (κ2) is 7.98. The van der Waals surface area contributed by atoms with Crippen LogP contribution in [0.25, 0.3) is 11.1 Å². The van der Waals surface area contributed by atoms with Gasteiger partial charge in [0.15, 0.2) is 0 Å². The monoisotopic (exact) mass is 397 g/mol. The molecule has 0 saturated carbocycles. The van der Waals surface area contributed by atoms with Crippen LogP contribution >= 0.6 is 11.6 Å². The molecule has 2 aromatic carbocycles. The van der Waals surface area contributed by atoms with Gasteiger partial charge in [-0.3, -0.25) is 0 Å². The van der Waals surface area contributed by atoms with E-state index in [2.05, 4.69) is 30.8 Å². The van der Waals surface area contributed by atoms with E-state index in [0.29, 0.717) is 24.4 Å². The van der Waals surface area contributed by atoms with Crippen LogP contribution in [0.5, 0.6) is 0 Å². The third kappa shape index (κ3) is 3.54. The van der Waals surface area contributed by atoms with Crippen LogP contribution < -0.4 is 0 Å². The minimum Gasteiger partial charge on any atom is -0.448 e. The summed E-state index contributed by atoms with van der Waals surface area (Å²) in [5.41, 5.74) is 4.76. The fourth-order valence-electron chi connectivity index (χ4n) is 4.41. The van der Waals surface area contributed by atoms with Crippen molar-refractivity contribution < 1.29 is 14.6 Å². The number of aliphatic hydroxyl groups is 1. The average molecular weight is 398 g/mol. The Morgan fingerprint density at radius 1 is 1.14 bits per heavy atom. The second-order valence-corrected chi connectivity index (χ2v) is 8.03. The summed E-state index contributed by atoms with van der Waals surface area (Å²) in [4.78, 5) is 14.4. The Kier molecular flexibility index (Phi) is 5.42. The zero-order chi connectivity index (χ0) is 19.7. The van der Waals surface area contributed by atoms with Crippen LogP contribution in [0.15, 0.2) is 60.1 Å². The maximum Gasteiger partial charge on any atom is 0.410 e. The fraction of sp³-hybridized carbons (Fsp3) is 0.348. The number of rotatable bonds is 4. The number of likely N-dealkylation sites (tertiary alicyclic amines) is 1. The van der Waals surface area contributed by atoms with Gasteiger partial charge < -0.3 is 14.7 Å². The van der Waals surface area contributed by atoms with E-state index in [4.69, 9.17) is 16.3 Å². The van der Waals surface area contributed by atoms with Crippen molar-refractivity contribution in [1.82, 2.24) is 4.90 Å². The molecule has 0 spiro atoms. The van der Waals surface area contributed by atoms with Crippen molar-refractivity contribution in [2.75, 3.05) is 13.2 Å². The molecule has 146 valence electrons. The number of fused-ring (bicyclic) bond motifs is 3. The van der Waals surface area contributed by atoms with Gasteiger partial charge in [-0.25, -0.2) is 4.79 Å². The summed E-state index contributed by atoms with van der Waals surface area (Å²) in [5.74, 6) is 0.0208. The molecule has 1 aliphatic carbocycles. The second-order valence-electron chi connectivity index (χ2n) is 7.50. The maximum atomic E-state index is 12.8. The van der Waals surface area contributed by atoms with Crippen molar-refractivity contribution in [2.24, 2.45) is 0 Å². The number of amides is 1. The van der Waals surface area contributed by atoms with Gasteiger partial charge in [0, 0.05) is 23.9 Å². The Hall–Kier alpha value is -2.30. The number of hydrogen-bond acceptors (Lipinski definition) is 3. The molecule has 0 aromatic heterocycles. The first-order chi connectivity index (χ1) is 13.6. The lowest BCUT2D eigenvalue weighted by molar-refractivity contribution is 0.00568. The van der Waals surface area contributed by atoms with Gasteiger partial charge in [0.2, 0.25) is 0 Å². The number of carbonyl (C=O) groups is 1. The zero-order valence-electron chi connectivity index (χ0n) is 15.7. The minimum atomic E-state index is -0.607. The largest absolute Gasteiger partial charge is 0.448 e. The van der Waals surface area contributed by atoms with E-state index in [1.54, 1.807) is 4.90 Å². The number of aliphatic hydroxyl groups excluding tert-OH is 1. The normalized spacial score (nSPS) is 21.1. The van der Waals surface area contributed by atoms with Crippen LogP contribution in [-0.4, -0.2) is 41.4 Å². The molecule has 1 saturated heterocycles. The van der Waals surface area contributed by atoms with E-state index in [-0.39, 0.29) is 18.6 Å². The number of benzene rings is 2. The first-order valence-corrected chi connectivity index (χ1v) is 10.1. The Balaban J connectivity index is 1.51. The van der Waals surface area contributed by atoms with Crippen molar-refractivity contribution >= 4 is 17.7 Å². The summed E-state index contributed by atoms with van der Waals surface area (Å²) in [6.45, 7) is 4.54. The molecule has 5 heteroatoms. The zero-order valence-corrected chi connectivity index (χ0v) is 16.4. The number of nitrogens with zero attached hydrogens (tertiary/aromatic N) is 1. The first kappa shape index (κ1) is 19.0. The molecule has 2 aliphatic rings. The van der Waals surface area contributed by atoms with E-state index in [1.807, 2.05) is 24.3 Å². The highest BCUT2D eigenvalue weighted by Crippen LogP contribution is 2.44. The topological polar surface area (TPSA) is 49.8 Å². The number of hydrogen-bond donors (Lipinski definition) is 1. The molecule has 1 amide bonds. The van der Waals surface area contributed by atoms with Gasteiger partial charge in [-0.15, -0.1) is 0 Å². The van der Waals surface area contributed by atoms with Gasteiger partial charge in [0.1, 0.15) is 6.61 Å². The Bertz CT molecular complexity index is 851. The summed E-state index contributed by atoms with van der Waals surface area (Å²) in [6.07, 6.45) is 0.763. The fourth-order valence-corrected chi connectivity index (χ4v) is 4.57. The Morgan fingerprint density at radius 2 is 1.75 bits per heavy atom. The van der Waals surface area contributed by atoms with Crippen molar-refractivity contribution in [2.45, 2.75) is 37.3 Å². The highest BCUT2D eigenvalue weighted by Gasteiger charge is 2.35. The van der Waals surface area contributed by atoms with Crippen LogP contribution in [0.3, 0.4) is 0 Å². The van der Waals surface area contributed by atoms with Crippen molar-refractivity contribution in [3.05, 3.63) is 71.3 Å². The van der Waals surface area contributed by atoms with E-state index in [9.17, 15) is 9.90 Å². The molecule has 1 N–H and O–H groups in total. The van der Waals surface area contributed by atoms with Crippen molar-refractivity contribution in [1.29, 1.82) is 0 Å². The molecule has 0 unspecified atom stereocenters. The summed E-state index contributed by atoms with van der Waals surface area (Å²) < 4.78 is 5.74. The predicted molar refractivity (Wildman–Crippen MR) is 110 cm³/mol. The smallest absolute Gasteiger partial charge is 0.410 e. The van der Waals surface area contributed by atoms with Crippen LogP contribution in [0.1, 0.15) is 36.3 Å². The van der Waals surface area contributed by atoms with E-state index >= 15 is 0 Å². The lowest BCUT2D eigenvalue weighted by atomic mass is 9.96. The molecular weight excluding hydrogens is 374 g/mol. The lowest BCUT2D eigenvalue weighted by Crippen LogP contribution is -2.51. The molecule has 28 heavy (non-hydrogen) atoms. The Morgan fingerprint density at radius 3 is 2.36 bits per heavy atom. The predicted octanol–water partition coefficient (Wildman–Crippen LogP) is 4.90. The first-order valence-electron chi connectivity index (χ1n) is 9.69. The van der Waals surface area contributed by atoms with Crippen LogP contribution in [-0.2, 0) is 4.74 Å². The molecule has 1 heterocycles. The van der Waals surface area contributed by atoms with Crippen LogP contribution in [0, 0.1) is 0 Å². The maximum absolute atomic E-state index is 12.8. The Labute approximate surface area is 170 Å². The van der Waals surface area contributed by atoms with Gasteiger partial charge in [-0.2, -0.15) is 0 Å². The minimum absolute atomic E-state index is 0.0208. The molecular formula is C23H24ClNO3. The van der Waals surface area contributed by atoms with Crippen molar-refractivity contribution in [3.8, 4) is 11.1 Å². The highest BCUT2D eigenvalue weighted by molar-refractivity contribution is 6.29. The van der Waals surface area contributed by atoms with E-state index in [1.165, 1.54) is 22.3 Å². The third-order valence-corrected chi connectivity index (χ3v) is 5.90. The van der Waals surface area contributed by atoms with Crippen LogP contribution in [0.2, 0.25) is 0 Å².